The number of anilines is 1. The average molecular weight is 398 g/mol. The van der Waals surface area contributed by atoms with Crippen LogP contribution in [0.3, 0.4) is 0 Å². The van der Waals surface area contributed by atoms with E-state index in [0.29, 0.717) is 29.2 Å². The van der Waals surface area contributed by atoms with E-state index in [2.05, 4.69) is 15.1 Å². The molecule has 0 aliphatic carbocycles. The predicted octanol–water partition coefficient (Wildman–Crippen LogP) is 4.93. The number of carbonyl (C=O) groups is 1. The number of nitrogens with one attached hydrogen (secondary N) is 1. The Labute approximate surface area is 162 Å². The third kappa shape index (κ3) is 4.44. The molecule has 1 aromatic carbocycles. The third-order valence-corrected chi connectivity index (χ3v) is 4.13. The van der Waals surface area contributed by atoms with E-state index in [1.807, 2.05) is 20.8 Å². The number of hydrogen-bond donors (Lipinski definition) is 2. The maximum atomic E-state index is 12.8. The molecule has 1 atom stereocenters. The van der Waals surface area contributed by atoms with Crippen LogP contribution in [0.25, 0.3) is 15.9 Å². The zero-order valence-electron chi connectivity index (χ0n) is 15.7. The first-order valence-electron chi connectivity index (χ1n) is 8.17. The highest BCUT2D eigenvalue weighted by atomic mass is 19.4. The van der Waals surface area contributed by atoms with Crippen molar-refractivity contribution < 1.29 is 23.1 Å². The molecule has 154 valence electrons. The molecule has 0 saturated carbocycles. The van der Waals surface area contributed by atoms with Gasteiger partial charge in [-0.25, -0.2) is 9.83 Å². The molecule has 0 saturated heterocycles. The molecular formula is C19H25F3N4O2. The number of rotatable bonds is 3. The number of aliphatic hydroxyl groups is 1. The minimum absolute atomic E-state index is 0. The van der Waals surface area contributed by atoms with Gasteiger partial charge in [-0.05, 0) is 52.3 Å². The number of hydrogen-bond acceptors (Lipinski definition) is 3. The second kappa shape index (κ2) is 7.43. The Morgan fingerprint density at radius 3 is 2.32 bits per heavy atom. The Morgan fingerprint density at radius 1 is 1.29 bits per heavy atom. The standard InChI is InChI=1S/C18H21F3N4O2.CH4/c1-10-7-12-13(8-11(10)22-6)25(16(2,3)4)15(23-12)24-14(26)9-17(5,27)18(19,20)21;/h7-8,27H,9H2,1-5H3,(H,23,24,26);1H4/t17-;/m0./s1. The van der Waals surface area contributed by atoms with Gasteiger partial charge >= 0.3 is 6.18 Å². The number of halogens is 3. The summed E-state index contributed by atoms with van der Waals surface area (Å²) < 4.78 is 40.1. The van der Waals surface area contributed by atoms with Crippen molar-refractivity contribution in [3.63, 3.8) is 0 Å². The van der Waals surface area contributed by atoms with Crippen molar-refractivity contribution in [3.05, 3.63) is 29.1 Å². The van der Waals surface area contributed by atoms with Gasteiger partial charge in [0.25, 0.3) is 0 Å². The molecule has 1 heterocycles. The molecular weight excluding hydrogens is 373 g/mol. The zero-order valence-corrected chi connectivity index (χ0v) is 15.7. The van der Waals surface area contributed by atoms with Crippen LogP contribution >= 0.6 is 0 Å². The van der Waals surface area contributed by atoms with Crippen LogP contribution in [-0.4, -0.2) is 32.3 Å². The summed E-state index contributed by atoms with van der Waals surface area (Å²) in [4.78, 5) is 19.9. The Morgan fingerprint density at radius 2 is 1.86 bits per heavy atom. The minimum atomic E-state index is -4.93. The lowest BCUT2D eigenvalue weighted by Crippen LogP contribution is -2.45. The van der Waals surface area contributed by atoms with Gasteiger partial charge in [-0.1, -0.05) is 7.43 Å². The minimum Gasteiger partial charge on any atom is -0.380 e. The van der Waals surface area contributed by atoms with Crippen molar-refractivity contribution in [2.24, 2.45) is 0 Å². The van der Waals surface area contributed by atoms with E-state index >= 15 is 0 Å². The van der Waals surface area contributed by atoms with E-state index in [9.17, 15) is 23.1 Å². The fourth-order valence-electron chi connectivity index (χ4n) is 2.68. The SMILES string of the molecule is C.[C-]#[N+]c1cc2c(cc1C)nc(NC(=O)C[C@](C)(O)C(F)(F)F)n2C(C)(C)C. The largest absolute Gasteiger partial charge is 0.417 e. The molecule has 1 aromatic heterocycles. The van der Waals surface area contributed by atoms with Gasteiger partial charge in [-0.2, -0.15) is 13.2 Å². The van der Waals surface area contributed by atoms with Gasteiger partial charge in [0.1, 0.15) is 0 Å². The Balaban J connectivity index is 0.00000392. The summed E-state index contributed by atoms with van der Waals surface area (Å²) >= 11 is 0. The monoisotopic (exact) mass is 398 g/mol. The fourth-order valence-corrected chi connectivity index (χ4v) is 2.68. The first-order valence-corrected chi connectivity index (χ1v) is 8.17. The van der Waals surface area contributed by atoms with Gasteiger partial charge in [-0.15, -0.1) is 0 Å². The average Bonchev–Trinajstić information content (AvgIpc) is 2.80. The Hall–Kier alpha value is -2.60. The van der Waals surface area contributed by atoms with Crippen molar-refractivity contribution in [2.75, 3.05) is 5.32 Å². The van der Waals surface area contributed by atoms with Crippen molar-refractivity contribution in [1.82, 2.24) is 9.55 Å². The van der Waals surface area contributed by atoms with E-state index in [4.69, 9.17) is 6.57 Å². The van der Waals surface area contributed by atoms with Crippen molar-refractivity contribution >= 4 is 28.6 Å². The quantitative estimate of drug-likeness (QED) is 0.721. The first kappa shape index (κ1) is 23.4. The van der Waals surface area contributed by atoms with Crippen LogP contribution in [0.1, 0.15) is 47.1 Å². The topological polar surface area (TPSA) is 71.5 Å². The van der Waals surface area contributed by atoms with Crippen LogP contribution in [0, 0.1) is 13.5 Å². The second-order valence-corrected chi connectivity index (χ2v) is 7.68. The summed E-state index contributed by atoms with van der Waals surface area (Å²) in [7, 11) is 0. The Kier molecular flexibility index (Phi) is 6.22. The first-order chi connectivity index (χ1) is 12.2. The van der Waals surface area contributed by atoms with Crippen LogP contribution in [0.2, 0.25) is 0 Å². The van der Waals surface area contributed by atoms with Gasteiger partial charge in [0.2, 0.25) is 11.9 Å². The van der Waals surface area contributed by atoms with Gasteiger partial charge < -0.3 is 9.67 Å². The number of carbonyl (C=O) groups excluding carboxylic acids is 1. The van der Waals surface area contributed by atoms with E-state index in [1.165, 1.54) is 0 Å². The molecule has 9 heteroatoms. The molecule has 6 nitrogen and oxygen atoms in total. The molecule has 2 aromatic rings. The van der Waals surface area contributed by atoms with E-state index in [1.54, 1.807) is 23.6 Å². The van der Waals surface area contributed by atoms with Crippen molar-refractivity contribution in [1.29, 1.82) is 0 Å². The van der Waals surface area contributed by atoms with Gasteiger partial charge in [0.15, 0.2) is 11.3 Å². The number of fused-ring (bicyclic) bond motifs is 1. The van der Waals surface area contributed by atoms with Gasteiger partial charge in [-0.3, -0.25) is 10.1 Å². The van der Waals surface area contributed by atoms with Gasteiger partial charge in [0, 0.05) is 5.54 Å². The number of aromatic nitrogens is 2. The van der Waals surface area contributed by atoms with E-state index in [-0.39, 0.29) is 13.4 Å². The maximum absolute atomic E-state index is 12.8. The van der Waals surface area contributed by atoms with Crippen molar-refractivity contribution in [2.45, 2.75) is 65.8 Å². The molecule has 0 spiro atoms. The summed E-state index contributed by atoms with van der Waals surface area (Å²) in [6, 6.07) is 3.32. The molecule has 28 heavy (non-hydrogen) atoms. The molecule has 2 rings (SSSR count). The lowest BCUT2D eigenvalue weighted by molar-refractivity contribution is -0.253. The molecule has 2 N–H and O–H groups in total. The lowest BCUT2D eigenvalue weighted by atomic mass is 10.0. The highest BCUT2D eigenvalue weighted by molar-refractivity contribution is 5.93. The zero-order chi connectivity index (χ0) is 20.8. The van der Waals surface area contributed by atoms with E-state index < -0.39 is 29.6 Å². The summed E-state index contributed by atoms with van der Waals surface area (Å²) in [6.07, 6.45) is -6.09. The molecule has 0 fully saturated rings. The number of alkyl halides is 3. The number of nitrogens with zero attached hydrogens (tertiary/aromatic N) is 3. The normalized spacial score (nSPS) is 14.1. The summed E-state index contributed by atoms with van der Waals surface area (Å²) in [5.74, 6) is -0.956. The lowest BCUT2D eigenvalue weighted by Gasteiger charge is -2.27. The van der Waals surface area contributed by atoms with Gasteiger partial charge in [0.05, 0.1) is 24.0 Å². The molecule has 0 radical (unpaired) electrons. The molecule has 0 aliphatic rings. The van der Waals surface area contributed by atoms with Crippen LogP contribution in [0.4, 0.5) is 24.8 Å². The summed E-state index contributed by atoms with van der Waals surface area (Å²) in [5.41, 5.74) is -1.51. The second-order valence-electron chi connectivity index (χ2n) is 7.68. The fraction of sp³-hybridized carbons (Fsp3) is 0.526. The highest BCUT2D eigenvalue weighted by Gasteiger charge is 2.51. The predicted molar refractivity (Wildman–Crippen MR) is 102 cm³/mol. The number of imidazole rings is 1. The number of benzene rings is 1. The highest BCUT2D eigenvalue weighted by Crippen LogP contribution is 2.35. The van der Waals surface area contributed by atoms with Crippen LogP contribution < -0.4 is 5.32 Å². The Bertz CT molecular complexity index is 932. The maximum Gasteiger partial charge on any atom is 0.417 e. The number of aryl methyl sites for hydroxylation is 1. The third-order valence-electron chi connectivity index (χ3n) is 4.13. The van der Waals surface area contributed by atoms with Crippen molar-refractivity contribution in [3.8, 4) is 0 Å². The number of amides is 1. The van der Waals surface area contributed by atoms with Crippen LogP contribution in [0.15, 0.2) is 12.1 Å². The summed E-state index contributed by atoms with van der Waals surface area (Å²) in [6.45, 7) is 15.1. The molecule has 0 unspecified atom stereocenters. The van der Waals surface area contributed by atoms with Crippen LogP contribution in [-0.2, 0) is 10.3 Å². The molecule has 0 aliphatic heterocycles. The van der Waals surface area contributed by atoms with E-state index in [0.717, 1.165) is 0 Å². The van der Waals surface area contributed by atoms with Crippen LogP contribution in [0.5, 0.6) is 0 Å². The summed E-state index contributed by atoms with van der Waals surface area (Å²) in [5, 5.41) is 11.9. The smallest absolute Gasteiger partial charge is 0.380 e. The molecule has 0 bridgehead atoms. The molecule has 1 amide bonds.